The highest BCUT2D eigenvalue weighted by Gasteiger charge is 2.30. The lowest BCUT2D eigenvalue weighted by molar-refractivity contribution is -0.123. The summed E-state index contributed by atoms with van der Waals surface area (Å²) in [5.74, 6) is -1.24. The van der Waals surface area contributed by atoms with Gasteiger partial charge in [0.25, 0.3) is 0 Å². The molecule has 1 atom stereocenters. The van der Waals surface area contributed by atoms with Gasteiger partial charge in [-0.2, -0.15) is 4.72 Å². The zero-order valence-electron chi connectivity index (χ0n) is 18.5. The Morgan fingerprint density at radius 2 is 1.75 bits per heavy atom. The Balaban J connectivity index is 1.70. The van der Waals surface area contributed by atoms with E-state index in [9.17, 15) is 17.6 Å². The zero-order valence-corrected chi connectivity index (χ0v) is 19.3. The largest absolute Gasteiger partial charge is 0.352 e. The Morgan fingerprint density at radius 1 is 1.09 bits per heavy atom. The SMILES string of the molecule is CCCCN1CCC(NC(=O)C(Cc2ccccc2)NS(=O)(=O)c2ccccc2F)CC1. The number of sulfonamides is 1. The molecule has 0 radical (unpaired) electrons. The number of piperidine rings is 1. The van der Waals surface area contributed by atoms with E-state index in [0.717, 1.165) is 56.9 Å². The molecule has 3 rings (SSSR count). The van der Waals surface area contributed by atoms with Crippen LogP contribution >= 0.6 is 0 Å². The molecule has 6 nitrogen and oxygen atoms in total. The molecule has 2 aromatic rings. The molecular formula is C24H32FN3O3S. The van der Waals surface area contributed by atoms with Crippen LogP contribution in [0, 0.1) is 5.82 Å². The van der Waals surface area contributed by atoms with Crippen LogP contribution in [-0.4, -0.2) is 50.9 Å². The van der Waals surface area contributed by atoms with Crippen LogP contribution in [0.1, 0.15) is 38.2 Å². The quantitative estimate of drug-likeness (QED) is 0.570. The summed E-state index contributed by atoms with van der Waals surface area (Å²) in [6, 6.07) is 13.3. The minimum Gasteiger partial charge on any atom is -0.352 e. The van der Waals surface area contributed by atoms with Crippen molar-refractivity contribution >= 4 is 15.9 Å². The van der Waals surface area contributed by atoms with Gasteiger partial charge in [-0.25, -0.2) is 12.8 Å². The number of carbonyl (C=O) groups excluding carboxylic acids is 1. The fourth-order valence-electron chi connectivity index (χ4n) is 3.94. The molecule has 1 aliphatic heterocycles. The number of hydrogen-bond donors (Lipinski definition) is 2. The Kier molecular flexibility index (Phi) is 8.78. The summed E-state index contributed by atoms with van der Waals surface area (Å²) in [4.78, 5) is 15.1. The Morgan fingerprint density at radius 3 is 2.41 bits per heavy atom. The van der Waals surface area contributed by atoms with Gasteiger partial charge in [0.1, 0.15) is 16.8 Å². The molecule has 174 valence electrons. The second kappa shape index (κ2) is 11.5. The van der Waals surface area contributed by atoms with Crippen molar-refractivity contribution in [2.24, 2.45) is 0 Å². The first-order valence-electron chi connectivity index (χ1n) is 11.2. The standard InChI is InChI=1S/C24H32FN3O3S/c1-2-3-15-28-16-13-20(14-17-28)26-24(29)22(18-19-9-5-4-6-10-19)27-32(30,31)23-12-8-7-11-21(23)25/h4-12,20,22,27H,2-3,13-18H2,1H3,(H,26,29). The smallest absolute Gasteiger partial charge is 0.244 e. The topological polar surface area (TPSA) is 78.5 Å². The summed E-state index contributed by atoms with van der Waals surface area (Å²) >= 11 is 0. The maximum absolute atomic E-state index is 14.1. The number of nitrogens with one attached hydrogen (secondary N) is 2. The summed E-state index contributed by atoms with van der Waals surface area (Å²) in [5, 5.41) is 3.02. The Hall–Kier alpha value is -2.29. The highest BCUT2D eigenvalue weighted by Crippen LogP contribution is 2.16. The number of halogens is 1. The summed E-state index contributed by atoms with van der Waals surface area (Å²) in [6.45, 7) is 5.06. The number of likely N-dealkylation sites (tertiary alicyclic amines) is 1. The van der Waals surface area contributed by atoms with Gasteiger partial charge >= 0.3 is 0 Å². The number of unbranched alkanes of at least 4 members (excludes halogenated alkanes) is 1. The van der Waals surface area contributed by atoms with Gasteiger partial charge in [0.05, 0.1) is 0 Å². The fraction of sp³-hybridized carbons (Fsp3) is 0.458. The van der Waals surface area contributed by atoms with E-state index in [0.29, 0.717) is 0 Å². The van der Waals surface area contributed by atoms with E-state index in [1.165, 1.54) is 18.2 Å². The van der Waals surface area contributed by atoms with Gasteiger partial charge in [-0.05, 0) is 49.9 Å². The summed E-state index contributed by atoms with van der Waals surface area (Å²) in [7, 11) is -4.21. The molecule has 1 unspecified atom stereocenters. The average Bonchev–Trinajstić information content (AvgIpc) is 2.79. The van der Waals surface area contributed by atoms with Crippen molar-refractivity contribution in [3.05, 3.63) is 66.0 Å². The van der Waals surface area contributed by atoms with Crippen molar-refractivity contribution in [1.29, 1.82) is 0 Å². The fourth-order valence-corrected chi connectivity index (χ4v) is 5.21. The van der Waals surface area contributed by atoms with Crippen molar-refractivity contribution < 1.29 is 17.6 Å². The molecule has 2 N–H and O–H groups in total. The molecule has 1 saturated heterocycles. The van der Waals surface area contributed by atoms with Gasteiger partial charge in [0.2, 0.25) is 15.9 Å². The van der Waals surface area contributed by atoms with E-state index in [2.05, 4.69) is 21.9 Å². The van der Waals surface area contributed by atoms with Crippen LogP contribution in [0.4, 0.5) is 4.39 Å². The maximum Gasteiger partial charge on any atom is 0.244 e. The van der Waals surface area contributed by atoms with Gasteiger partial charge in [-0.15, -0.1) is 0 Å². The predicted molar refractivity (Wildman–Crippen MR) is 123 cm³/mol. The van der Waals surface area contributed by atoms with Gasteiger partial charge in [-0.3, -0.25) is 4.79 Å². The third kappa shape index (κ3) is 6.85. The monoisotopic (exact) mass is 461 g/mol. The van der Waals surface area contributed by atoms with Crippen molar-refractivity contribution in [3.8, 4) is 0 Å². The zero-order chi connectivity index (χ0) is 23.0. The second-order valence-corrected chi connectivity index (χ2v) is 9.95. The number of nitrogens with zero attached hydrogens (tertiary/aromatic N) is 1. The van der Waals surface area contributed by atoms with Crippen LogP contribution in [0.25, 0.3) is 0 Å². The molecule has 0 aromatic heterocycles. The van der Waals surface area contributed by atoms with E-state index in [4.69, 9.17) is 0 Å². The van der Waals surface area contributed by atoms with Crippen molar-refractivity contribution in [2.45, 2.75) is 56.0 Å². The lowest BCUT2D eigenvalue weighted by Gasteiger charge is -2.33. The number of benzene rings is 2. The summed E-state index contributed by atoms with van der Waals surface area (Å²) in [5.41, 5.74) is 0.818. The lowest BCUT2D eigenvalue weighted by Crippen LogP contribution is -2.53. The van der Waals surface area contributed by atoms with Gasteiger partial charge in [0.15, 0.2) is 0 Å². The van der Waals surface area contributed by atoms with E-state index in [1.54, 1.807) is 0 Å². The normalized spacial score (nSPS) is 16.6. The molecule has 0 bridgehead atoms. The van der Waals surface area contributed by atoms with Gasteiger partial charge in [-0.1, -0.05) is 55.8 Å². The highest BCUT2D eigenvalue weighted by atomic mass is 32.2. The third-order valence-corrected chi connectivity index (χ3v) is 7.29. The van der Waals surface area contributed by atoms with E-state index in [-0.39, 0.29) is 18.4 Å². The first-order valence-corrected chi connectivity index (χ1v) is 12.7. The van der Waals surface area contributed by atoms with Crippen molar-refractivity contribution in [3.63, 3.8) is 0 Å². The molecule has 32 heavy (non-hydrogen) atoms. The molecule has 0 saturated carbocycles. The molecule has 1 amide bonds. The predicted octanol–water partition coefficient (Wildman–Crippen LogP) is 3.10. The molecule has 8 heteroatoms. The maximum atomic E-state index is 14.1. The molecule has 1 fully saturated rings. The van der Waals surface area contributed by atoms with Crippen LogP contribution in [-0.2, 0) is 21.2 Å². The summed E-state index contributed by atoms with van der Waals surface area (Å²) in [6.07, 6.45) is 4.14. The Bertz CT molecular complexity index is 977. The van der Waals surface area contributed by atoms with Crippen molar-refractivity contribution in [1.82, 2.24) is 14.9 Å². The van der Waals surface area contributed by atoms with Crippen LogP contribution < -0.4 is 10.0 Å². The van der Waals surface area contributed by atoms with Gasteiger partial charge < -0.3 is 10.2 Å². The summed E-state index contributed by atoms with van der Waals surface area (Å²) < 4.78 is 42.3. The minimum atomic E-state index is -4.21. The molecule has 2 aromatic carbocycles. The number of rotatable bonds is 10. The lowest BCUT2D eigenvalue weighted by atomic mass is 10.0. The molecule has 0 aliphatic carbocycles. The number of hydrogen-bond acceptors (Lipinski definition) is 4. The van der Waals surface area contributed by atoms with Crippen LogP contribution in [0.2, 0.25) is 0 Å². The first kappa shape index (κ1) is 24.4. The van der Waals surface area contributed by atoms with Crippen LogP contribution in [0.5, 0.6) is 0 Å². The third-order valence-electron chi connectivity index (χ3n) is 5.78. The van der Waals surface area contributed by atoms with Crippen LogP contribution in [0.15, 0.2) is 59.5 Å². The number of amides is 1. The van der Waals surface area contributed by atoms with E-state index >= 15 is 0 Å². The highest BCUT2D eigenvalue weighted by molar-refractivity contribution is 7.89. The molecular weight excluding hydrogens is 429 g/mol. The van der Waals surface area contributed by atoms with Crippen LogP contribution in [0.3, 0.4) is 0 Å². The first-order chi connectivity index (χ1) is 15.4. The second-order valence-electron chi connectivity index (χ2n) is 8.27. The van der Waals surface area contributed by atoms with E-state index in [1.807, 2.05) is 30.3 Å². The average molecular weight is 462 g/mol. The minimum absolute atomic E-state index is 0.00313. The van der Waals surface area contributed by atoms with E-state index < -0.39 is 26.8 Å². The van der Waals surface area contributed by atoms with Crippen molar-refractivity contribution in [2.75, 3.05) is 19.6 Å². The molecule has 1 heterocycles. The van der Waals surface area contributed by atoms with Gasteiger partial charge in [0, 0.05) is 19.1 Å². The molecule has 0 spiro atoms. The Labute approximate surface area is 190 Å². The molecule has 1 aliphatic rings. The number of carbonyl (C=O) groups is 1.